The topological polar surface area (TPSA) is 53.6 Å². The predicted octanol–water partition coefficient (Wildman–Crippen LogP) is 3.57. The van der Waals surface area contributed by atoms with E-state index in [1.165, 1.54) is 11.1 Å². The molecule has 0 aliphatic heterocycles. The second-order valence-corrected chi connectivity index (χ2v) is 7.30. The van der Waals surface area contributed by atoms with E-state index >= 15 is 0 Å². The first kappa shape index (κ1) is 14.8. The standard InChI is InChI=1S/C21H17BO3/c1-21(2)17-9-12(22(23)24)7-8-13(17)15-10-16-14-5-3-4-6-19(14)25-20(16)11-18(15)21/h3-11,23-24H,1-2H3. The van der Waals surface area contributed by atoms with E-state index in [-0.39, 0.29) is 5.41 Å². The average Bonchev–Trinajstić information content (AvgIpc) is 3.07. The summed E-state index contributed by atoms with van der Waals surface area (Å²) >= 11 is 0. The third-order valence-electron chi connectivity index (χ3n) is 5.50. The molecule has 0 spiro atoms. The molecule has 1 heterocycles. The van der Waals surface area contributed by atoms with Crippen molar-refractivity contribution in [3.05, 3.63) is 65.7 Å². The summed E-state index contributed by atoms with van der Waals surface area (Å²) in [7, 11) is -1.45. The highest BCUT2D eigenvalue weighted by molar-refractivity contribution is 6.58. The van der Waals surface area contributed by atoms with Crippen LogP contribution in [-0.2, 0) is 5.41 Å². The molecule has 0 saturated carbocycles. The lowest BCUT2D eigenvalue weighted by molar-refractivity contribution is 0.425. The molecule has 25 heavy (non-hydrogen) atoms. The largest absolute Gasteiger partial charge is 0.488 e. The first-order chi connectivity index (χ1) is 12.0. The third-order valence-corrected chi connectivity index (χ3v) is 5.50. The van der Waals surface area contributed by atoms with Gasteiger partial charge in [-0.3, -0.25) is 0 Å². The van der Waals surface area contributed by atoms with Crippen LogP contribution >= 0.6 is 0 Å². The van der Waals surface area contributed by atoms with E-state index < -0.39 is 7.12 Å². The maximum Gasteiger partial charge on any atom is 0.488 e. The molecular weight excluding hydrogens is 311 g/mol. The Bertz CT molecular complexity index is 1150. The summed E-state index contributed by atoms with van der Waals surface area (Å²) in [6, 6.07) is 18.1. The molecule has 3 nitrogen and oxygen atoms in total. The first-order valence-corrected chi connectivity index (χ1v) is 8.43. The molecule has 122 valence electrons. The Labute approximate surface area is 145 Å². The number of fused-ring (bicyclic) bond motifs is 6. The smallest absolute Gasteiger partial charge is 0.456 e. The van der Waals surface area contributed by atoms with Crippen LogP contribution < -0.4 is 5.46 Å². The molecule has 2 N–H and O–H groups in total. The van der Waals surface area contributed by atoms with Gasteiger partial charge in [0.1, 0.15) is 11.2 Å². The number of benzene rings is 3. The van der Waals surface area contributed by atoms with E-state index in [0.29, 0.717) is 5.46 Å². The lowest BCUT2D eigenvalue weighted by atomic mass is 9.75. The molecule has 5 rings (SSSR count). The van der Waals surface area contributed by atoms with E-state index in [2.05, 4.69) is 32.0 Å². The van der Waals surface area contributed by atoms with Crippen LogP contribution in [0.1, 0.15) is 25.0 Å². The zero-order valence-electron chi connectivity index (χ0n) is 14.1. The monoisotopic (exact) mass is 328 g/mol. The normalized spacial score (nSPS) is 14.7. The van der Waals surface area contributed by atoms with Crippen LogP contribution in [-0.4, -0.2) is 17.2 Å². The van der Waals surface area contributed by atoms with E-state index in [1.54, 1.807) is 6.07 Å². The minimum Gasteiger partial charge on any atom is -0.456 e. The molecule has 1 aliphatic carbocycles. The van der Waals surface area contributed by atoms with Gasteiger partial charge in [0.25, 0.3) is 0 Å². The minimum absolute atomic E-state index is 0.220. The van der Waals surface area contributed by atoms with Crippen molar-refractivity contribution >= 4 is 34.5 Å². The third kappa shape index (κ3) is 1.89. The molecule has 0 unspecified atom stereocenters. The number of hydrogen-bond donors (Lipinski definition) is 2. The first-order valence-electron chi connectivity index (χ1n) is 8.43. The highest BCUT2D eigenvalue weighted by Crippen LogP contribution is 2.50. The lowest BCUT2D eigenvalue weighted by Gasteiger charge is -2.21. The van der Waals surface area contributed by atoms with Crippen LogP contribution in [0.3, 0.4) is 0 Å². The zero-order chi connectivity index (χ0) is 17.3. The van der Waals surface area contributed by atoms with Crippen molar-refractivity contribution in [1.29, 1.82) is 0 Å². The molecule has 0 fully saturated rings. The predicted molar refractivity (Wildman–Crippen MR) is 101 cm³/mol. The molecule has 0 bridgehead atoms. The molecule has 4 heteroatoms. The molecule has 0 saturated heterocycles. The van der Waals surface area contributed by atoms with Crippen molar-refractivity contribution in [1.82, 2.24) is 0 Å². The Kier molecular flexibility index (Phi) is 2.80. The average molecular weight is 328 g/mol. The highest BCUT2D eigenvalue weighted by Gasteiger charge is 2.37. The van der Waals surface area contributed by atoms with E-state index in [1.807, 2.05) is 30.3 Å². The van der Waals surface area contributed by atoms with Crippen molar-refractivity contribution in [2.45, 2.75) is 19.3 Å². The van der Waals surface area contributed by atoms with Crippen molar-refractivity contribution in [3.63, 3.8) is 0 Å². The van der Waals surface area contributed by atoms with Gasteiger partial charge in [0.2, 0.25) is 0 Å². The highest BCUT2D eigenvalue weighted by atomic mass is 16.4. The number of rotatable bonds is 1. The Morgan fingerprint density at radius 3 is 2.36 bits per heavy atom. The maximum absolute atomic E-state index is 9.52. The summed E-state index contributed by atoms with van der Waals surface area (Å²) in [5, 5.41) is 21.3. The van der Waals surface area contributed by atoms with Crippen molar-refractivity contribution in [3.8, 4) is 11.1 Å². The van der Waals surface area contributed by atoms with Gasteiger partial charge < -0.3 is 14.5 Å². The Hall–Kier alpha value is -2.56. The van der Waals surface area contributed by atoms with Gasteiger partial charge in [-0.05, 0) is 45.9 Å². The molecule has 0 radical (unpaired) electrons. The maximum atomic E-state index is 9.52. The van der Waals surface area contributed by atoms with Crippen LogP contribution in [0, 0.1) is 0 Å². The molecular formula is C21H17BO3. The van der Waals surface area contributed by atoms with Crippen molar-refractivity contribution in [2.24, 2.45) is 0 Å². The van der Waals surface area contributed by atoms with Gasteiger partial charge in [-0.1, -0.05) is 50.2 Å². The van der Waals surface area contributed by atoms with Crippen LogP contribution in [0.4, 0.5) is 0 Å². The summed E-state index contributed by atoms with van der Waals surface area (Å²) in [5.74, 6) is 0. The molecule has 1 aliphatic rings. The summed E-state index contributed by atoms with van der Waals surface area (Å²) in [4.78, 5) is 0. The van der Waals surface area contributed by atoms with E-state index in [0.717, 1.165) is 33.1 Å². The zero-order valence-corrected chi connectivity index (χ0v) is 14.1. The number of furan rings is 1. The van der Waals surface area contributed by atoms with Gasteiger partial charge >= 0.3 is 7.12 Å². The SMILES string of the molecule is CC1(C)c2cc(B(O)O)ccc2-c2cc3c(cc21)oc1ccccc13. The summed E-state index contributed by atoms with van der Waals surface area (Å²) in [6.07, 6.45) is 0. The van der Waals surface area contributed by atoms with E-state index in [9.17, 15) is 10.0 Å². The summed E-state index contributed by atoms with van der Waals surface area (Å²) < 4.78 is 6.05. The van der Waals surface area contributed by atoms with Gasteiger partial charge in [-0.2, -0.15) is 0 Å². The second-order valence-electron chi connectivity index (χ2n) is 7.30. The van der Waals surface area contributed by atoms with Gasteiger partial charge in [0.05, 0.1) is 0 Å². The van der Waals surface area contributed by atoms with Gasteiger partial charge in [-0.15, -0.1) is 0 Å². The summed E-state index contributed by atoms with van der Waals surface area (Å²) in [5.41, 5.74) is 6.76. The fourth-order valence-corrected chi connectivity index (χ4v) is 4.13. The number of hydrogen-bond acceptors (Lipinski definition) is 3. The molecule has 1 aromatic heterocycles. The van der Waals surface area contributed by atoms with Crippen LogP contribution in [0.15, 0.2) is 59.0 Å². The van der Waals surface area contributed by atoms with Crippen molar-refractivity contribution in [2.75, 3.05) is 0 Å². The molecule has 3 aromatic carbocycles. The van der Waals surface area contributed by atoms with E-state index in [4.69, 9.17) is 4.42 Å². The van der Waals surface area contributed by atoms with Gasteiger partial charge in [-0.25, -0.2) is 0 Å². The lowest BCUT2D eigenvalue weighted by Crippen LogP contribution is -2.31. The number of para-hydroxylation sites is 1. The molecule has 4 aromatic rings. The fourth-order valence-electron chi connectivity index (χ4n) is 4.13. The van der Waals surface area contributed by atoms with Crippen LogP contribution in [0.2, 0.25) is 0 Å². The van der Waals surface area contributed by atoms with Gasteiger partial charge in [0.15, 0.2) is 0 Å². The van der Waals surface area contributed by atoms with Crippen molar-refractivity contribution < 1.29 is 14.5 Å². The molecule has 0 atom stereocenters. The summed E-state index contributed by atoms with van der Waals surface area (Å²) in [6.45, 7) is 4.33. The Morgan fingerprint density at radius 1 is 0.800 bits per heavy atom. The Balaban J connectivity index is 1.85. The quantitative estimate of drug-likeness (QED) is 0.525. The van der Waals surface area contributed by atoms with Crippen LogP contribution in [0.5, 0.6) is 0 Å². The minimum atomic E-state index is -1.45. The fraction of sp³-hybridized carbons (Fsp3) is 0.143. The Morgan fingerprint density at radius 2 is 1.56 bits per heavy atom. The molecule has 0 amide bonds. The van der Waals surface area contributed by atoms with Crippen LogP contribution in [0.25, 0.3) is 33.1 Å². The van der Waals surface area contributed by atoms with Gasteiger partial charge in [0, 0.05) is 16.2 Å². The second kappa shape index (κ2) is 4.75.